The number of nitrogens with one attached hydrogen (secondary N) is 2. The molecule has 0 aliphatic rings. The molecule has 22 heavy (non-hydrogen) atoms. The molecule has 0 saturated heterocycles. The van der Waals surface area contributed by atoms with Gasteiger partial charge in [-0.05, 0) is 19.3 Å². The predicted molar refractivity (Wildman–Crippen MR) is 86.3 cm³/mol. The Hall–Kier alpha value is -1.14. The van der Waals surface area contributed by atoms with Gasteiger partial charge in [0.05, 0.1) is 6.61 Å². The number of aliphatic hydroxyl groups excluding tert-OH is 2. The largest absolute Gasteiger partial charge is 0.396 e. The van der Waals surface area contributed by atoms with Crippen molar-refractivity contribution in [3.8, 4) is 0 Å². The van der Waals surface area contributed by atoms with Crippen LogP contribution in [0.4, 0.5) is 0 Å². The van der Waals surface area contributed by atoms with Gasteiger partial charge in [-0.2, -0.15) is 0 Å². The van der Waals surface area contributed by atoms with Gasteiger partial charge in [0.25, 0.3) is 0 Å². The van der Waals surface area contributed by atoms with Gasteiger partial charge in [-0.1, -0.05) is 33.6 Å². The standard InChI is InChI=1S/C16H32N2O4/c1-4-7-8-10-17-13(20)9-11-18-15(22)14(21)16(5-2,6-3)12-19/h14,19,21H,4-12H2,1-3H3,(H,17,20)(H,18,22)/t14-/m0/s1. The van der Waals surface area contributed by atoms with Crippen molar-refractivity contribution in [2.24, 2.45) is 5.41 Å². The zero-order valence-corrected chi connectivity index (χ0v) is 14.2. The average molecular weight is 316 g/mol. The third-order valence-electron chi connectivity index (χ3n) is 4.31. The smallest absolute Gasteiger partial charge is 0.249 e. The van der Waals surface area contributed by atoms with Crippen molar-refractivity contribution in [2.45, 2.75) is 65.4 Å². The van der Waals surface area contributed by atoms with E-state index in [1.165, 1.54) is 0 Å². The summed E-state index contributed by atoms with van der Waals surface area (Å²) in [5, 5.41) is 24.9. The van der Waals surface area contributed by atoms with Crippen molar-refractivity contribution < 1.29 is 19.8 Å². The third-order valence-corrected chi connectivity index (χ3v) is 4.31. The molecule has 0 saturated carbocycles. The Balaban J connectivity index is 4.09. The molecule has 0 aromatic heterocycles. The number of amides is 2. The quantitative estimate of drug-likeness (QED) is 0.403. The summed E-state index contributed by atoms with van der Waals surface area (Å²) in [6.07, 6.45) is 3.08. The van der Waals surface area contributed by atoms with Gasteiger partial charge < -0.3 is 20.8 Å². The molecular formula is C16H32N2O4. The van der Waals surface area contributed by atoms with E-state index in [0.717, 1.165) is 19.3 Å². The van der Waals surface area contributed by atoms with Crippen molar-refractivity contribution in [2.75, 3.05) is 19.7 Å². The van der Waals surface area contributed by atoms with Gasteiger partial charge in [0.1, 0.15) is 6.10 Å². The van der Waals surface area contributed by atoms with Gasteiger partial charge in [0.2, 0.25) is 11.8 Å². The van der Waals surface area contributed by atoms with Crippen LogP contribution in [0.15, 0.2) is 0 Å². The predicted octanol–water partition coefficient (Wildman–Crippen LogP) is 0.959. The van der Waals surface area contributed by atoms with Crippen LogP contribution in [0.25, 0.3) is 0 Å². The van der Waals surface area contributed by atoms with Crippen LogP contribution in [0, 0.1) is 5.41 Å². The molecule has 0 fully saturated rings. The lowest BCUT2D eigenvalue weighted by Crippen LogP contribution is -2.48. The van der Waals surface area contributed by atoms with Crippen LogP contribution < -0.4 is 10.6 Å². The summed E-state index contributed by atoms with van der Waals surface area (Å²) < 4.78 is 0. The number of hydrogen-bond acceptors (Lipinski definition) is 4. The molecule has 130 valence electrons. The van der Waals surface area contributed by atoms with E-state index < -0.39 is 17.4 Å². The summed E-state index contributed by atoms with van der Waals surface area (Å²) in [5.74, 6) is -0.637. The molecule has 0 radical (unpaired) electrons. The maximum atomic E-state index is 11.9. The lowest BCUT2D eigenvalue weighted by Gasteiger charge is -2.33. The number of carbonyl (C=O) groups is 2. The van der Waals surface area contributed by atoms with E-state index in [9.17, 15) is 19.8 Å². The zero-order chi connectivity index (χ0) is 17.0. The Labute approximate surface area is 133 Å². The van der Waals surface area contributed by atoms with Gasteiger partial charge in [-0.15, -0.1) is 0 Å². The van der Waals surface area contributed by atoms with Crippen molar-refractivity contribution in [3.05, 3.63) is 0 Å². The summed E-state index contributed by atoms with van der Waals surface area (Å²) in [5.41, 5.74) is -0.813. The first kappa shape index (κ1) is 20.9. The van der Waals surface area contributed by atoms with Crippen molar-refractivity contribution in [3.63, 3.8) is 0 Å². The van der Waals surface area contributed by atoms with E-state index >= 15 is 0 Å². The van der Waals surface area contributed by atoms with Gasteiger partial charge in [-0.25, -0.2) is 0 Å². The molecule has 2 amide bonds. The zero-order valence-electron chi connectivity index (χ0n) is 14.2. The van der Waals surface area contributed by atoms with Crippen LogP contribution in [0.1, 0.15) is 59.3 Å². The summed E-state index contributed by atoms with van der Waals surface area (Å²) in [6, 6.07) is 0. The summed E-state index contributed by atoms with van der Waals surface area (Å²) in [7, 11) is 0. The van der Waals surface area contributed by atoms with E-state index in [-0.39, 0.29) is 25.5 Å². The number of unbranched alkanes of at least 4 members (excludes halogenated alkanes) is 2. The average Bonchev–Trinajstić information content (AvgIpc) is 2.53. The summed E-state index contributed by atoms with van der Waals surface area (Å²) in [4.78, 5) is 23.5. The Morgan fingerprint density at radius 3 is 2.18 bits per heavy atom. The molecule has 4 N–H and O–H groups in total. The number of rotatable bonds is 12. The van der Waals surface area contributed by atoms with Gasteiger partial charge in [-0.3, -0.25) is 9.59 Å². The molecule has 0 aliphatic carbocycles. The van der Waals surface area contributed by atoms with Crippen LogP contribution in [0.2, 0.25) is 0 Å². The first-order chi connectivity index (χ1) is 10.5. The summed E-state index contributed by atoms with van der Waals surface area (Å²) in [6.45, 7) is 6.36. The fourth-order valence-electron chi connectivity index (χ4n) is 2.31. The van der Waals surface area contributed by atoms with Crippen molar-refractivity contribution in [1.29, 1.82) is 0 Å². The molecule has 0 unspecified atom stereocenters. The lowest BCUT2D eigenvalue weighted by atomic mass is 9.77. The first-order valence-corrected chi connectivity index (χ1v) is 8.30. The molecule has 0 aromatic rings. The highest BCUT2D eigenvalue weighted by Crippen LogP contribution is 2.30. The molecule has 0 heterocycles. The molecule has 0 spiro atoms. The third kappa shape index (κ3) is 6.75. The Kier molecular flexibility index (Phi) is 10.8. The highest BCUT2D eigenvalue weighted by Gasteiger charge is 2.38. The maximum Gasteiger partial charge on any atom is 0.249 e. The fourth-order valence-corrected chi connectivity index (χ4v) is 2.31. The lowest BCUT2D eigenvalue weighted by molar-refractivity contribution is -0.139. The monoisotopic (exact) mass is 316 g/mol. The minimum Gasteiger partial charge on any atom is -0.396 e. The second-order valence-electron chi connectivity index (χ2n) is 5.73. The van der Waals surface area contributed by atoms with E-state index in [1.807, 2.05) is 13.8 Å². The maximum absolute atomic E-state index is 11.9. The van der Waals surface area contributed by atoms with Crippen molar-refractivity contribution in [1.82, 2.24) is 10.6 Å². The molecule has 0 aromatic carbocycles. The molecule has 1 atom stereocenters. The Morgan fingerprint density at radius 2 is 1.68 bits per heavy atom. The molecule has 6 nitrogen and oxygen atoms in total. The Bertz CT molecular complexity index is 322. The SMILES string of the molecule is CCCCCNC(=O)CCNC(=O)[C@H](O)C(CC)(CC)CO. The topological polar surface area (TPSA) is 98.7 Å². The molecule has 0 bridgehead atoms. The van der Waals surface area contributed by atoms with E-state index in [0.29, 0.717) is 19.4 Å². The van der Waals surface area contributed by atoms with Gasteiger partial charge in [0, 0.05) is 24.9 Å². The second-order valence-corrected chi connectivity index (χ2v) is 5.73. The summed E-state index contributed by atoms with van der Waals surface area (Å²) >= 11 is 0. The van der Waals surface area contributed by atoms with Gasteiger partial charge in [0.15, 0.2) is 0 Å². The van der Waals surface area contributed by atoms with Crippen LogP contribution in [0.5, 0.6) is 0 Å². The second kappa shape index (κ2) is 11.4. The normalized spacial score (nSPS) is 12.8. The minimum absolute atomic E-state index is 0.106. The van der Waals surface area contributed by atoms with Crippen LogP contribution in [0.3, 0.4) is 0 Å². The highest BCUT2D eigenvalue weighted by molar-refractivity contribution is 5.82. The van der Waals surface area contributed by atoms with Gasteiger partial charge >= 0.3 is 0 Å². The molecule has 6 heteroatoms. The van der Waals surface area contributed by atoms with E-state index in [2.05, 4.69) is 17.6 Å². The van der Waals surface area contributed by atoms with E-state index in [1.54, 1.807) is 0 Å². The van der Waals surface area contributed by atoms with Crippen LogP contribution in [-0.4, -0.2) is 47.8 Å². The minimum atomic E-state index is -1.26. The highest BCUT2D eigenvalue weighted by atomic mass is 16.3. The first-order valence-electron chi connectivity index (χ1n) is 8.30. The fraction of sp³-hybridized carbons (Fsp3) is 0.875. The molecule has 0 rings (SSSR count). The van der Waals surface area contributed by atoms with E-state index in [4.69, 9.17) is 0 Å². The molecule has 0 aliphatic heterocycles. The Morgan fingerprint density at radius 1 is 1.05 bits per heavy atom. The number of carbonyl (C=O) groups excluding carboxylic acids is 2. The van der Waals surface area contributed by atoms with Crippen molar-refractivity contribution >= 4 is 11.8 Å². The molecular weight excluding hydrogens is 284 g/mol. The van der Waals surface area contributed by atoms with Crippen LogP contribution >= 0.6 is 0 Å². The van der Waals surface area contributed by atoms with Crippen LogP contribution in [-0.2, 0) is 9.59 Å². The number of hydrogen-bond donors (Lipinski definition) is 4. The number of aliphatic hydroxyl groups is 2.